The van der Waals surface area contributed by atoms with Crippen LogP contribution in [0.3, 0.4) is 0 Å². The highest BCUT2D eigenvalue weighted by Crippen LogP contribution is 2.43. The summed E-state index contributed by atoms with van der Waals surface area (Å²) in [7, 11) is 0. The highest BCUT2D eigenvalue weighted by atomic mass is 16.2. The van der Waals surface area contributed by atoms with Crippen molar-refractivity contribution in [2.45, 2.75) is 37.8 Å². The number of piperidine rings is 1. The lowest BCUT2D eigenvalue weighted by Crippen LogP contribution is -2.56. The molecule has 2 aliphatic heterocycles. The van der Waals surface area contributed by atoms with E-state index in [0.717, 1.165) is 38.0 Å². The molecule has 6 rings (SSSR count). The third-order valence-corrected chi connectivity index (χ3v) is 7.54. The Labute approximate surface area is 177 Å². The van der Waals surface area contributed by atoms with Gasteiger partial charge in [0, 0.05) is 24.8 Å². The van der Waals surface area contributed by atoms with Crippen LogP contribution in [-0.4, -0.2) is 36.1 Å². The summed E-state index contributed by atoms with van der Waals surface area (Å²) in [5.41, 5.74) is 4.91. The van der Waals surface area contributed by atoms with Crippen molar-refractivity contribution in [3.05, 3.63) is 77.4 Å². The molecule has 152 valence electrons. The van der Waals surface area contributed by atoms with E-state index in [4.69, 9.17) is 0 Å². The average Bonchev–Trinajstić information content (AvgIpc) is 3.30. The average molecular weight is 398 g/mol. The first-order valence-electron chi connectivity index (χ1n) is 11.0. The van der Waals surface area contributed by atoms with E-state index in [1.807, 2.05) is 0 Å². The van der Waals surface area contributed by atoms with E-state index < -0.39 is 5.54 Å². The number of hydrogen-bond donors (Lipinski definition) is 1. The summed E-state index contributed by atoms with van der Waals surface area (Å²) in [6.45, 7) is 4.61. The van der Waals surface area contributed by atoms with Crippen molar-refractivity contribution < 1.29 is 4.79 Å². The number of amides is 1. The Morgan fingerprint density at radius 3 is 2.47 bits per heavy atom. The third-order valence-electron chi connectivity index (χ3n) is 7.54. The zero-order valence-electron chi connectivity index (χ0n) is 17.4. The lowest BCUT2D eigenvalue weighted by atomic mass is 9.84. The molecule has 2 heterocycles. The Morgan fingerprint density at radius 1 is 0.967 bits per heavy atom. The van der Waals surface area contributed by atoms with Crippen LogP contribution >= 0.6 is 0 Å². The molecule has 0 bridgehead atoms. The number of anilines is 1. The van der Waals surface area contributed by atoms with Gasteiger partial charge in [-0.3, -0.25) is 9.69 Å². The highest BCUT2D eigenvalue weighted by Gasteiger charge is 2.51. The van der Waals surface area contributed by atoms with Gasteiger partial charge in [-0.05, 0) is 60.2 Å². The van der Waals surface area contributed by atoms with Crippen LogP contribution in [0.2, 0.25) is 0 Å². The Bertz CT molecular complexity index is 1120. The van der Waals surface area contributed by atoms with Crippen molar-refractivity contribution in [2.24, 2.45) is 0 Å². The number of benzene rings is 3. The number of rotatable bonds is 2. The summed E-state index contributed by atoms with van der Waals surface area (Å²) in [6, 6.07) is 22.4. The van der Waals surface area contributed by atoms with Gasteiger partial charge in [-0.25, -0.2) is 0 Å². The summed E-state index contributed by atoms with van der Waals surface area (Å²) in [5, 5.41) is 5.92. The minimum Gasteiger partial charge on any atom is -0.339 e. The number of aryl methyl sites for hydroxylation is 1. The molecule has 4 nitrogen and oxygen atoms in total. The molecule has 1 unspecified atom stereocenters. The van der Waals surface area contributed by atoms with Gasteiger partial charge in [-0.2, -0.15) is 0 Å². The maximum Gasteiger partial charge on any atom is 0.247 e. The maximum absolute atomic E-state index is 13.0. The molecule has 0 radical (unpaired) electrons. The molecule has 1 amide bonds. The van der Waals surface area contributed by atoms with Crippen molar-refractivity contribution >= 4 is 22.4 Å². The zero-order chi connectivity index (χ0) is 20.3. The molecule has 1 atom stereocenters. The van der Waals surface area contributed by atoms with Gasteiger partial charge in [0.1, 0.15) is 5.54 Å². The molecule has 3 aromatic carbocycles. The summed E-state index contributed by atoms with van der Waals surface area (Å²) in [4.78, 5) is 17.9. The van der Waals surface area contributed by atoms with Gasteiger partial charge in [0.25, 0.3) is 0 Å². The molecule has 0 saturated carbocycles. The zero-order valence-corrected chi connectivity index (χ0v) is 17.4. The van der Waals surface area contributed by atoms with E-state index in [9.17, 15) is 4.79 Å². The van der Waals surface area contributed by atoms with E-state index in [1.165, 1.54) is 27.5 Å². The Balaban J connectivity index is 1.27. The van der Waals surface area contributed by atoms with Crippen molar-refractivity contribution in [3.63, 3.8) is 0 Å². The van der Waals surface area contributed by atoms with Crippen molar-refractivity contribution in [1.82, 2.24) is 10.2 Å². The number of hydrogen-bond acceptors (Lipinski definition) is 3. The van der Waals surface area contributed by atoms with E-state index in [1.54, 1.807) is 0 Å². The fraction of sp³-hybridized carbons (Fsp3) is 0.346. The quantitative estimate of drug-likeness (QED) is 0.705. The van der Waals surface area contributed by atoms with Gasteiger partial charge < -0.3 is 10.2 Å². The molecule has 3 aliphatic rings. The first kappa shape index (κ1) is 18.0. The molecular formula is C26H27N3O. The SMILES string of the molecule is Cc1ccc(N2CNC(=O)C23CCN(C2Cc4cccc5cccc2c45)CC3)cc1. The molecule has 4 heteroatoms. The fourth-order valence-electron chi connectivity index (χ4n) is 5.90. The van der Waals surface area contributed by atoms with Gasteiger partial charge in [-0.1, -0.05) is 54.1 Å². The normalized spacial score (nSPS) is 22.8. The predicted molar refractivity (Wildman–Crippen MR) is 121 cm³/mol. The summed E-state index contributed by atoms with van der Waals surface area (Å²) in [6.07, 6.45) is 2.82. The smallest absolute Gasteiger partial charge is 0.247 e. The number of nitrogens with one attached hydrogen (secondary N) is 1. The number of carbonyl (C=O) groups is 1. The third kappa shape index (κ3) is 2.53. The van der Waals surface area contributed by atoms with Crippen molar-refractivity contribution in [3.8, 4) is 0 Å². The number of likely N-dealkylation sites (tertiary alicyclic amines) is 1. The first-order valence-corrected chi connectivity index (χ1v) is 11.0. The van der Waals surface area contributed by atoms with Gasteiger partial charge >= 0.3 is 0 Å². The lowest BCUT2D eigenvalue weighted by molar-refractivity contribution is -0.125. The second-order valence-corrected chi connectivity index (χ2v) is 9.08. The summed E-state index contributed by atoms with van der Waals surface area (Å²) < 4.78 is 0. The Kier molecular flexibility index (Phi) is 3.94. The van der Waals surface area contributed by atoms with Crippen LogP contribution in [0, 0.1) is 6.92 Å². The lowest BCUT2D eigenvalue weighted by Gasteiger charge is -2.45. The van der Waals surface area contributed by atoms with Crippen LogP contribution in [0.4, 0.5) is 5.69 Å². The van der Waals surface area contributed by atoms with Gasteiger partial charge in [0.05, 0.1) is 6.67 Å². The molecule has 2 fully saturated rings. The number of nitrogens with zero attached hydrogens (tertiary/aromatic N) is 2. The van der Waals surface area contributed by atoms with Gasteiger partial charge in [0.15, 0.2) is 0 Å². The van der Waals surface area contributed by atoms with Gasteiger partial charge in [-0.15, -0.1) is 0 Å². The topological polar surface area (TPSA) is 35.6 Å². The molecular weight excluding hydrogens is 370 g/mol. The predicted octanol–water partition coefficient (Wildman–Crippen LogP) is 4.17. The Hall–Kier alpha value is -2.85. The van der Waals surface area contributed by atoms with Gasteiger partial charge in [0.2, 0.25) is 5.91 Å². The molecule has 2 saturated heterocycles. The van der Waals surface area contributed by atoms with E-state index >= 15 is 0 Å². The molecule has 3 aromatic rings. The fourth-order valence-corrected chi connectivity index (χ4v) is 5.90. The molecule has 30 heavy (non-hydrogen) atoms. The molecule has 1 spiro atoms. The van der Waals surface area contributed by atoms with Crippen molar-refractivity contribution in [1.29, 1.82) is 0 Å². The standard InChI is InChI=1S/C26H27N3O/c1-18-8-10-21(11-9-18)29-17-27-25(30)26(29)12-14-28(15-13-26)23-16-20-6-2-4-19-5-3-7-22(23)24(19)20/h2-11,23H,12-17H2,1H3,(H,27,30). The molecule has 1 N–H and O–H groups in total. The van der Waals surface area contributed by atoms with E-state index in [-0.39, 0.29) is 5.91 Å². The first-order chi connectivity index (χ1) is 14.7. The Morgan fingerprint density at radius 2 is 1.70 bits per heavy atom. The van der Waals surface area contributed by atoms with Crippen molar-refractivity contribution in [2.75, 3.05) is 24.7 Å². The van der Waals surface area contributed by atoms with Crippen LogP contribution < -0.4 is 10.2 Å². The van der Waals surface area contributed by atoms with Crippen LogP contribution in [0.15, 0.2) is 60.7 Å². The van der Waals surface area contributed by atoms with E-state index in [0.29, 0.717) is 12.7 Å². The largest absolute Gasteiger partial charge is 0.339 e. The minimum atomic E-state index is -0.413. The highest BCUT2D eigenvalue weighted by molar-refractivity contribution is 5.94. The second-order valence-electron chi connectivity index (χ2n) is 9.08. The van der Waals surface area contributed by atoms with Crippen LogP contribution in [0.1, 0.15) is 35.6 Å². The summed E-state index contributed by atoms with van der Waals surface area (Å²) >= 11 is 0. The second kappa shape index (κ2) is 6.58. The van der Waals surface area contributed by atoms with E-state index in [2.05, 4.69) is 82.7 Å². The summed E-state index contributed by atoms with van der Waals surface area (Å²) in [5.74, 6) is 0.194. The van der Waals surface area contributed by atoms with Crippen LogP contribution in [-0.2, 0) is 11.2 Å². The monoisotopic (exact) mass is 397 g/mol. The molecule has 0 aromatic heterocycles. The minimum absolute atomic E-state index is 0.194. The van der Waals surface area contributed by atoms with Crippen LogP contribution in [0.25, 0.3) is 10.8 Å². The molecule has 1 aliphatic carbocycles. The van der Waals surface area contributed by atoms with Crippen LogP contribution in [0.5, 0.6) is 0 Å². The maximum atomic E-state index is 13.0. The number of carbonyl (C=O) groups excluding carboxylic acids is 1.